The fourth-order valence-corrected chi connectivity index (χ4v) is 2.14. The molecule has 0 aliphatic carbocycles. The maximum atomic E-state index is 12.9. The molecule has 1 aromatic rings. The van der Waals surface area contributed by atoms with Gasteiger partial charge >= 0.3 is 5.97 Å². The fourth-order valence-electron chi connectivity index (χ4n) is 1.93. The molecule has 0 unspecified atom stereocenters. The SMILES string of the molecule is C[C@@H](OC(=O)[C@@H]1CCC(=O)N1)C(=O)Nc1ccc(F)cc1Cl. The summed E-state index contributed by atoms with van der Waals surface area (Å²) in [5.41, 5.74) is 0.213. The van der Waals surface area contributed by atoms with E-state index in [0.29, 0.717) is 6.42 Å². The van der Waals surface area contributed by atoms with Gasteiger partial charge in [-0.25, -0.2) is 9.18 Å². The Morgan fingerprint density at radius 2 is 2.23 bits per heavy atom. The molecular weight excluding hydrogens is 315 g/mol. The zero-order valence-electron chi connectivity index (χ0n) is 11.7. The lowest BCUT2D eigenvalue weighted by atomic mass is 10.2. The van der Waals surface area contributed by atoms with Gasteiger partial charge in [0.15, 0.2) is 6.10 Å². The number of benzene rings is 1. The zero-order chi connectivity index (χ0) is 16.3. The van der Waals surface area contributed by atoms with Crippen molar-refractivity contribution in [1.29, 1.82) is 0 Å². The summed E-state index contributed by atoms with van der Waals surface area (Å²) in [6.07, 6.45) is -0.479. The number of esters is 1. The molecule has 1 aromatic carbocycles. The van der Waals surface area contributed by atoms with Crippen LogP contribution in [0.5, 0.6) is 0 Å². The third kappa shape index (κ3) is 3.94. The first-order valence-electron chi connectivity index (χ1n) is 6.62. The number of ether oxygens (including phenoxy) is 1. The highest BCUT2D eigenvalue weighted by atomic mass is 35.5. The van der Waals surface area contributed by atoms with E-state index in [1.807, 2.05) is 0 Å². The van der Waals surface area contributed by atoms with Crippen molar-refractivity contribution in [2.75, 3.05) is 5.32 Å². The van der Waals surface area contributed by atoms with Crippen LogP contribution < -0.4 is 10.6 Å². The van der Waals surface area contributed by atoms with Crippen LogP contribution >= 0.6 is 11.6 Å². The Morgan fingerprint density at radius 3 is 2.82 bits per heavy atom. The Labute approximate surface area is 131 Å². The normalized spacial score (nSPS) is 18.5. The molecule has 0 aromatic heterocycles. The molecule has 1 saturated heterocycles. The average molecular weight is 329 g/mol. The number of hydrogen-bond donors (Lipinski definition) is 2. The van der Waals surface area contributed by atoms with Crippen LogP contribution in [0.15, 0.2) is 18.2 Å². The maximum Gasteiger partial charge on any atom is 0.329 e. The van der Waals surface area contributed by atoms with E-state index in [0.717, 1.165) is 12.1 Å². The molecule has 1 aliphatic heterocycles. The van der Waals surface area contributed by atoms with Gasteiger partial charge in [0.1, 0.15) is 11.9 Å². The molecule has 118 valence electrons. The summed E-state index contributed by atoms with van der Waals surface area (Å²) in [5.74, 6) is -2.03. The van der Waals surface area contributed by atoms with Crippen molar-refractivity contribution >= 4 is 35.1 Å². The molecule has 0 spiro atoms. The van der Waals surface area contributed by atoms with Crippen LogP contribution in [0.25, 0.3) is 0 Å². The third-order valence-corrected chi connectivity index (χ3v) is 3.44. The van der Waals surface area contributed by atoms with Gasteiger partial charge in [-0.15, -0.1) is 0 Å². The van der Waals surface area contributed by atoms with Gasteiger partial charge in [-0.1, -0.05) is 11.6 Å². The number of anilines is 1. The zero-order valence-corrected chi connectivity index (χ0v) is 12.4. The molecule has 0 radical (unpaired) electrons. The first kappa shape index (κ1) is 16.2. The summed E-state index contributed by atoms with van der Waals surface area (Å²) >= 11 is 5.79. The van der Waals surface area contributed by atoms with Crippen LogP contribution in [-0.4, -0.2) is 29.9 Å². The predicted molar refractivity (Wildman–Crippen MR) is 76.8 cm³/mol. The molecule has 8 heteroatoms. The van der Waals surface area contributed by atoms with Crippen LogP contribution in [0.3, 0.4) is 0 Å². The van der Waals surface area contributed by atoms with Crippen molar-refractivity contribution in [2.45, 2.75) is 31.9 Å². The molecular formula is C14H14ClFN2O4. The Balaban J connectivity index is 1.91. The van der Waals surface area contributed by atoms with Crippen LogP contribution in [0.4, 0.5) is 10.1 Å². The Hall–Kier alpha value is -2.15. The lowest BCUT2D eigenvalue weighted by Crippen LogP contribution is -2.39. The Bertz CT molecular complexity index is 623. The summed E-state index contributed by atoms with van der Waals surface area (Å²) in [6.45, 7) is 1.39. The third-order valence-electron chi connectivity index (χ3n) is 3.13. The number of halogens is 2. The Morgan fingerprint density at radius 1 is 1.50 bits per heavy atom. The second-order valence-corrected chi connectivity index (χ2v) is 5.26. The fraction of sp³-hybridized carbons (Fsp3) is 0.357. The van der Waals surface area contributed by atoms with Crippen LogP contribution in [0.2, 0.25) is 5.02 Å². The maximum absolute atomic E-state index is 12.9. The molecule has 22 heavy (non-hydrogen) atoms. The van der Waals surface area contributed by atoms with E-state index in [9.17, 15) is 18.8 Å². The second-order valence-electron chi connectivity index (χ2n) is 4.85. The van der Waals surface area contributed by atoms with Crippen molar-refractivity contribution in [1.82, 2.24) is 5.32 Å². The van der Waals surface area contributed by atoms with Crippen molar-refractivity contribution in [3.8, 4) is 0 Å². The van der Waals surface area contributed by atoms with Crippen LogP contribution in [0.1, 0.15) is 19.8 Å². The molecule has 1 aliphatic rings. The van der Waals surface area contributed by atoms with Gasteiger partial charge in [-0.05, 0) is 31.5 Å². The predicted octanol–water partition coefficient (Wildman–Crippen LogP) is 1.63. The van der Waals surface area contributed by atoms with E-state index in [1.165, 1.54) is 13.0 Å². The highest BCUT2D eigenvalue weighted by Gasteiger charge is 2.30. The van der Waals surface area contributed by atoms with Gasteiger partial charge < -0.3 is 15.4 Å². The minimum atomic E-state index is -1.08. The number of carbonyl (C=O) groups excluding carboxylic acids is 3. The van der Waals surface area contributed by atoms with Gasteiger partial charge in [0.2, 0.25) is 5.91 Å². The molecule has 0 bridgehead atoms. The molecule has 2 amide bonds. The summed E-state index contributed by atoms with van der Waals surface area (Å²) < 4.78 is 17.9. The largest absolute Gasteiger partial charge is 0.451 e. The summed E-state index contributed by atoms with van der Waals surface area (Å²) in [5, 5.41) is 4.93. The average Bonchev–Trinajstić information content (AvgIpc) is 2.88. The quantitative estimate of drug-likeness (QED) is 0.823. The van der Waals surface area contributed by atoms with E-state index in [2.05, 4.69) is 10.6 Å². The van der Waals surface area contributed by atoms with Gasteiger partial charge in [0.05, 0.1) is 10.7 Å². The van der Waals surface area contributed by atoms with Crippen molar-refractivity contribution in [3.05, 3.63) is 29.0 Å². The molecule has 1 fully saturated rings. The van der Waals surface area contributed by atoms with Crippen molar-refractivity contribution < 1.29 is 23.5 Å². The van der Waals surface area contributed by atoms with Crippen LogP contribution in [0, 0.1) is 5.82 Å². The van der Waals surface area contributed by atoms with E-state index < -0.39 is 29.8 Å². The van der Waals surface area contributed by atoms with Crippen LogP contribution in [-0.2, 0) is 19.1 Å². The van der Waals surface area contributed by atoms with E-state index in [-0.39, 0.29) is 23.0 Å². The summed E-state index contributed by atoms with van der Waals surface area (Å²) in [6, 6.07) is 2.78. The number of nitrogens with one attached hydrogen (secondary N) is 2. The van der Waals surface area contributed by atoms with E-state index in [4.69, 9.17) is 16.3 Å². The number of rotatable bonds is 4. The van der Waals surface area contributed by atoms with Gasteiger partial charge in [-0.3, -0.25) is 9.59 Å². The first-order chi connectivity index (χ1) is 10.4. The number of carbonyl (C=O) groups is 3. The monoisotopic (exact) mass is 328 g/mol. The smallest absolute Gasteiger partial charge is 0.329 e. The lowest BCUT2D eigenvalue weighted by molar-refractivity contribution is -0.155. The highest BCUT2D eigenvalue weighted by Crippen LogP contribution is 2.22. The lowest BCUT2D eigenvalue weighted by Gasteiger charge is -2.16. The minimum absolute atomic E-state index is 0.0370. The molecule has 2 N–H and O–H groups in total. The molecule has 2 atom stereocenters. The molecule has 6 nitrogen and oxygen atoms in total. The minimum Gasteiger partial charge on any atom is -0.451 e. The second kappa shape index (κ2) is 6.74. The standard InChI is InChI=1S/C14H14ClFN2O4/c1-7(22-14(21)11-4-5-12(19)17-11)13(20)18-10-3-2-8(16)6-9(10)15/h2-3,6-7,11H,4-5H2,1H3,(H,17,19)(H,18,20)/t7-,11+/m1/s1. The molecule has 1 heterocycles. The highest BCUT2D eigenvalue weighted by molar-refractivity contribution is 6.33. The van der Waals surface area contributed by atoms with Crippen molar-refractivity contribution in [3.63, 3.8) is 0 Å². The van der Waals surface area contributed by atoms with E-state index in [1.54, 1.807) is 0 Å². The van der Waals surface area contributed by atoms with E-state index >= 15 is 0 Å². The Kier molecular flexibility index (Phi) is 4.97. The summed E-state index contributed by atoms with van der Waals surface area (Å²) in [4.78, 5) is 34.8. The topological polar surface area (TPSA) is 84.5 Å². The first-order valence-corrected chi connectivity index (χ1v) is 7.00. The van der Waals surface area contributed by atoms with Crippen molar-refractivity contribution in [2.24, 2.45) is 0 Å². The number of amides is 2. The van der Waals surface area contributed by atoms with Gasteiger partial charge in [0.25, 0.3) is 5.91 Å². The van der Waals surface area contributed by atoms with Gasteiger partial charge in [-0.2, -0.15) is 0 Å². The molecule has 2 rings (SSSR count). The number of hydrogen-bond acceptors (Lipinski definition) is 4. The molecule has 0 saturated carbocycles. The summed E-state index contributed by atoms with van der Waals surface area (Å²) in [7, 11) is 0. The van der Waals surface area contributed by atoms with Gasteiger partial charge in [0, 0.05) is 6.42 Å².